The van der Waals surface area contributed by atoms with E-state index in [2.05, 4.69) is 13.8 Å². The largest absolute Gasteiger partial charge is 0.385 e. The van der Waals surface area contributed by atoms with E-state index in [0.29, 0.717) is 10.5 Å². The van der Waals surface area contributed by atoms with Crippen LogP contribution in [0.3, 0.4) is 0 Å². The van der Waals surface area contributed by atoms with Crippen molar-refractivity contribution < 1.29 is 4.74 Å². The van der Waals surface area contributed by atoms with Crippen LogP contribution in [0, 0.1) is 0 Å². The summed E-state index contributed by atoms with van der Waals surface area (Å²) in [5.41, 5.74) is 0. The summed E-state index contributed by atoms with van der Waals surface area (Å²) in [5.74, 6) is 0.769. The van der Waals surface area contributed by atoms with Crippen LogP contribution >= 0.6 is 23.4 Å². The summed E-state index contributed by atoms with van der Waals surface area (Å²) >= 11 is 7.65. The molecule has 3 heteroatoms. The van der Waals surface area contributed by atoms with Crippen molar-refractivity contribution in [1.82, 2.24) is 0 Å². The number of alkyl halides is 1. The van der Waals surface area contributed by atoms with Gasteiger partial charge < -0.3 is 4.74 Å². The molecular formula is C9H19ClOS. The van der Waals surface area contributed by atoms with Crippen LogP contribution in [0.1, 0.15) is 26.7 Å². The zero-order valence-electron chi connectivity index (χ0n) is 8.18. The Morgan fingerprint density at radius 3 is 2.33 bits per heavy atom. The molecule has 2 unspecified atom stereocenters. The fourth-order valence-corrected chi connectivity index (χ4v) is 2.71. The summed E-state index contributed by atoms with van der Waals surface area (Å²) in [6, 6.07) is 0. The van der Waals surface area contributed by atoms with Gasteiger partial charge in [-0.1, -0.05) is 13.8 Å². The van der Waals surface area contributed by atoms with Gasteiger partial charge in [-0.2, -0.15) is 11.8 Å². The first-order valence-corrected chi connectivity index (χ1v) is 5.88. The van der Waals surface area contributed by atoms with E-state index in [4.69, 9.17) is 16.3 Å². The molecule has 0 amide bonds. The summed E-state index contributed by atoms with van der Waals surface area (Å²) in [7, 11) is 1.75. The highest BCUT2D eigenvalue weighted by Gasteiger charge is 2.07. The Balaban J connectivity index is 3.33. The van der Waals surface area contributed by atoms with Gasteiger partial charge in [0.1, 0.15) is 0 Å². The average Bonchev–Trinajstić information content (AvgIpc) is 2.01. The highest BCUT2D eigenvalue weighted by Crippen LogP contribution is 2.22. The van der Waals surface area contributed by atoms with Gasteiger partial charge in [-0.25, -0.2) is 0 Å². The SMILES string of the molecule is COCCC(C)SC(C)CCCl. The molecule has 0 saturated carbocycles. The number of ether oxygens (including phenoxy) is 1. The molecule has 0 aliphatic heterocycles. The Bertz CT molecular complexity index is 101. The summed E-state index contributed by atoms with van der Waals surface area (Å²) in [6.45, 7) is 5.34. The molecule has 1 nitrogen and oxygen atoms in total. The lowest BCUT2D eigenvalue weighted by Gasteiger charge is -2.15. The van der Waals surface area contributed by atoms with E-state index in [1.165, 1.54) is 0 Å². The summed E-state index contributed by atoms with van der Waals surface area (Å²) in [4.78, 5) is 0. The Labute approximate surface area is 85.2 Å². The lowest BCUT2D eigenvalue weighted by atomic mass is 10.3. The third kappa shape index (κ3) is 7.26. The summed E-state index contributed by atoms with van der Waals surface area (Å²) < 4.78 is 5.01. The molecule has 0 bridgehead atoms. The Hall–Kier alpha value is 0.600. The molecule has 74 valence electrons. The van der Waals surface area contributed by atoms with E-state index < -0.39 is 0 Å². The third-order valence-corrected chi connectivity index (χ3v) is 3.33. The standard InChI is InChI=1S/C9H19ClOS/c1-8(4-6-10)12-9(2)5-7-11-3/h8-9H,4-7H2,1-3H3. The molecule has 2 atom stereocenters. The van der Waals surface area contributed by atoms with Crippen LogP contribution < -0.4 is 0 Å². The number of halogens is 1. The number of hydrogen-bond donors (Lipinski definition) is 0. The fraction of sp³-hybridized carbons (Fsp3) is 1.00. The smallest absolute Gasteiger partial charge is 0.0472 e. The minimum absolute atomic E-state index is 0.675. The van der Waals surface area contributed by atoms with Crippen LogP contribution in [-0.4, -0.2) is 30.1 Å². The van der Waals surface area contributed by atoms with E-state index in [1.807, 2.05) is 11.8 Å². The lowest BCUT2D eigenvalue weighted by molar-refractivity contribution is 0.195. The van der Waals surface area contributed by atoms with Crippen molar-refractivity contribution in [2.75, 3.05) is 19.6 Å². The second-order valence-corrected chi connectivity index (χ2v) is 5.28. The van der Waals surface area contributed by atoms with Crippen LogP contribution in [0.4, 0.5) is 0 Å². The first-order chi connectivity index (χ1) is 5.70. The van der Waals surface area contributed by atoms with Gasteiger partial charge >= 0.3 is 0 Å². The molecule has 0 aliphatic rings. The molecule has 0 aliphatic carbocycles. The van der Waals surface area contributed by atoms with E-state index in [-0.39, 0.29) is 0 Å². The molecule has 0 heterocycles. The van der Waals surface area contributed by atoms with Crippen molar-refractivity contribution in [1.29, 1.82) is 0 Å². The second-order valence-electron chi connectivity index (χ2n) is 3.02. The maximum absolute atomic E-state index is 5.65. The Kier molecular flexibility index (Phi) is 8.62. The maximum Gasteiger partial charge on any atom is 0.0472 e. The first kappa shape index (κ1) is 12.6. The van der Waals surface area contributed by atoms with Crippen molar-refractivity contribution in [3.63, 3.8) is 0 Å². The van der Waals surface area contributed by atoms with Gasteiger partial charge in [0.25, 0.3) is 0 Å². The zero-order valence-corrected chi connectivity index (χ0v) is 9.75. The molecule has 0 aromatic rings. The molecule has 0 saturated heterocycles. The van der Waals surface area contributed by atoms with Gasteiger partial charge in [0.15, 0.2) is 0 Å². The predicted octanol–water partition coefficient (Wildman–Crippen LogP) is 3.16. The molecule has 0 radical (unpaired) electrons. The first-order valence-electron chi connectivity index (χ1n) is 4.41. The molecule has 0 rings (SSSR count). The molecule has 0 N–H and O–H groups in total. The minimum Gasteiger partial charge on any atom is -0.385 e. The van der Waals surface area contributed by atoms with Gasteiger partial charge in [-0.3, -0.25) is 0 Å². The highest BCUT2D eigenvalue weighted by atomic mass is 35.5. The number of methoxy groups -OCH3 is 1. The van der Waals surface area contributed by atoms with E-state index >= 15 is 0 Å². The minimum atomic E-state index is 0.675. The van der Waals surface area contributed by atoms with Gasteiger partial charge in [0, 0.05) is 30.1 Å². The monoisotopic (exact) mass is 210 g/mol. The lowest BCUT2D eigenvalue weighted by Crippen LogP contribution is -2.07. The van der Waals surface area contributed by atoms with Crippen molar-refractivity contribution >= 4 is 23.4 Å². The number of hydrogen-bond acceptors (Lipinski definition) is 2. The van der Waals surface area contributed by atoms with E-state index in [1.54, 1.807) is 7.11 Å². The van der Waals surface area contributed by atoms with Crippen LogP contribution in [0.5, 0.6) is 0 Å². The highest BCUT2D eigenvalue weighted by molar-refractivity contribution is 8.00. The molecule has 0 aromatic carbocycles. The molecule has 12 heavy (non-hydrogen) atoms. The predicted molar refractivity (Wildman–Crippen MR) is 58.3 cm³/mol. The zero-order chi connectivity index (χ0) is 9.40. The van der Waals surface area contributed by atoms with Gasteiger partial charge in [0.2, 0.25) is 0 Å². The average molecular weight is 211 g/mol. The van der Waals surface area contributed by atoms with Crippen molar-refractivity contribution in [2.24, 2.45) is 0 Å². The van der Waals surface area contributed by atoms with E-state index in [0.717, 1.165) is 25.3 Å². The van der Waals surface area contributed by atoms with Crippen molar-refractivity contribution in [2.45, 2.75) is 37.2 Å². The quantitative estimate of drug-likeness (QED) is 0.597. The number of thioether (sulfide) groups is 1. The van der Waals surface area contributed by atoms with Crippen molar-refractivity contribution in [3.05, 3.63) is 0 Å². The summed E-state index contributed by atoms with van der Waals surface area (Å²) in [5, 5.41) is 1.36. The van der Waals surface area contributed by atoms with Crippen LogP contribution in [0.2, 0.25) is 0 Å². The number of rotatable bonds is 7. The topological polar surface area (TPSA) is 9.23 Å². The van der Waals surface area contributed by atoms with Gasteiger partial charge in [-0.15, -0.1) is 11.6 Å². The molecule has 0 aromatic heterocycles. The van der Waals surface area contributed by atoms with Gasteiger partial charge in [0.05, 0.1) is 0 Å². The molecule has 0 fully saturated rings. The maximum atomic E-state index is 5.65. The molecular weight excluding hydrogens is 192 g/mol. The normalized spacial score (nSPS) is 16.0. The molecule has 0 spiro atoms. The van der Waals surface area contributed by atoms with Crippen LogP contribution in [0.25, 0.3) is 0 Å². The third-order valence-electron chi connectivity index (χ3n) is 1.71. The second kappa shape index (κ2) is 8.21. The fourth-order valence-electron chi connectivity index (χ4n) is 0.970. The Morgan fingerprint density at radius 2 is 1.83 bits per heavy atom. The summed E-state index contributed by atoms with van der Waals surface area (Å²) in [6.07, 6.45) is 2.23. The van der Waals surface area contributed by atoms with E-state index in [9.17, 15) is 0 Å². The van der Waals surface area contributed by atoms with Crippen LogP contribution in [-0.2, 0) is 4.74 Å². The van der Waals surface area contributed by atoms with Crippen molar-refractivity contribution in [3.8, 4) is 0 Å². The van der Waals surface area contributed by atoms with Gasteiger partial charge in [-0.05, 0) is 12.8 Å². The Morgan fingerprint density at radius 1 is 1.25 bits per heavy atom. The van der Waals surface area contributed by atoms with Crippen LogP contribution in [0.15, 0.2) is 0 Å².